The van der Waals surface area contributed by atoms with Crippen LogP contribution in [0.25, 0.3) is 0 Å². The summed E-state index contributed by atoms with van der Waals surface area (Å²) in [5.41, 5.74) is 0. The molecule has 0 unspecified atom stereocenters. The zero-order valence-electron chi connectivity index (χ0n) is 4.13. The molecule has 3 nitrogen and oxygen atoms in total. The smallest absolute Gasteiger partial charge is 0.766 e. The van der Waals surface area contributed by atoms with E-state index in [0.29, 0.717) is 0 Å². The molecule has 5 heteroatoms. The van der Waals surface area contributed by atoms with Crippen molar-refractivity contribution in [1.29, 1.82) is 0 Å². The molecule has 0 fully saturated rings. The topological polar surface area (TPSA) is 49.4 Å². The third-order valence-electron chi connectivity index (χ3n) is 0.151. The molecule has 0 saturated heterocycles. The van der Waals surface area contributed by atoms with Gasteiger partial charge >= 0.3 is 57.4 Å². The van der Waals surface area contributed by atoms with Gasteiger partial charge < -0.3 is 8.74 Å². The Labute approximate surface area is 88.6 Å². The number of hydrogen-bond donors (Lipinski definition) is 0. The maximum absolute atomic E-state index is 9.60. The molecule has 0 aromatic carbocycles. The summed E-state index contributed by atoms with van der Waals surface area (Å²) < 4.78 is 13.0. The van der Waals surface area contributed by atoms with Crippen molar-refractivity contribution in [3.8, 4) is 0 Å². The molecule has 0 radical (unpaired) electrons. The van der Waals surface area contributed by atoms with Gasteiger partial charge in [-0.05, 0) is 12.3 Å². The second-order valence-corrected chi connectivity index (χ2v) is 0.946. The molecule has 0 aliphatic heterocycles. The van der Waals surface area contributed by atoms with Crippen LogP contribution in [0.5, 0.6) is 0 Å². The maximum Gasteiger partial charge on any atom is 1.00 e. The minimum absolute atomic E-state index is 0. The van der Waals surface area contributed by atoms with Crippen molar-refractivity contribution in [3.63, 3.8) is 0 Å². The molecule has 0 rings (SSSR count). The molecule has 0 heterocycles. The van der Waals surface area contributed by atoms with Gasteiger partial charge in [0.2, 0.25) is 0 Å². The van der Waals surface area contributed by atoms with Crippen molar-refractivity contribution in [3.05, 3.63) is 0 Å². The minimum atomic E-state index is -0.560. The van der Waals surface area contributed by atoms with Crippen LogP contribution in [-0.2, 0) is 8.98 Å². The van der Waals surface area contributed by atoms with Crippen LogP contribution in [0.4, 0.5) is 0 Å². The van der Waals surface area contributed by atoms with Crippen LogP contribution in [0.1, 0.15) is 6.92 Å². The van der Waals surface area contributed by atoms with E-state index in [9.17, 15) is 9.35 Å². The summed E-state index contributed by atoms with van der Waals surface area (Å²) >= 11 is -0.190. The maximum atomic E-state index is 9.60. The zero-order chi connectivity index (χ0) is 4.99. The van der Waals surface area contributed by atoms with E-state index >= 15 is 0 Å². The van der Waals surface area contributed by atoms with Crippen molar-refractivity contribution < 1.29 is 64.9 Å². The van der Waals surface area contributed by atoms with E-state index in [4.69, 9.17) is 0 Å². The second kappa shape index (κ2) is 7.42. The predicted molar refractivity (Wildman–Crippen MR) is 20.1 cm³/mol. The number of carbonyl (C=O) groups excluding carboxylic acids is 1. The Morgan fingerprint density at radius 1 is 1.86 bits per heavy atom. The fourth-order valence-corrected chi connectivity index (χ4v) is 0.144. The van der Waals surface area contributed by atoms with Crippen molar-refractivity contribution in [2.45, 2.75) is 6.92 Å². The van der Waals surface area contributed by atoms with Crippen LogP contribution in [0.15, 0.2) is 0 Å². The number of hydrogen-bond acceptors (Lipinski definition) is 4. The van der Waals surface area contributed by atoms with E-state index < -0.39 is 5.97 Å². The van der Waals surface area contributed by atoms with E-state index in [2.05, 4.69) is 4.18 Å². The van der Waals surface area contributed by atoms with Crippen LogP contribution in [0.2, 0.25) is 0 Å². The average Bonchev–Trinajstić information content (AvgIpc) is 1.35. The molecule has 0 bridgehead atoms. The number of rotatable bonds is 1. The first-order valence-electron chi connectivity index (χ1n) is 1.24. The first-order chi connectivity index (χ1) is 2.77. The van der Waals surface area contributed by atoms with Gasteiger partial charge in [-0.15, -0.1) is 0 Å². The van der Waals surface area contributed by atoms with Gasteiger partial charge in [0.1, 0.15) is 0 Å². The van der Waals surface area contributed by atoms with Crippen LogP contribution in [0, 0.1) is 0 Å². The standard InChI is InChI=1S/C2H4O3S.K/c1-2(3)5-6-4;/h4H,1H3;/q;+1/p-1. The molecule has 0 atom stereocenters. The van der Waals surface area contributed by atoms with Gasteiger partial charge in [0.25, 0.3) is 0 Å². The second-order valence-electron chi connectivity index (χ2n) is 0.643. The summed E-state index contributed by atoms with van der Waals surface area (Å²) in [5.74, 6) is -0.560. The number of carbonyl (C=O) groups is 1. The van der Waals surface area contributed by atoms with Crippen LogP contribution >= 0.6 is 12.3 Å². The summed E-state index contributed by atoms with van der Waals surface area (Å²) in [7, 11) is 0. The first-order valence-corrected chi connectivity index (χ1v) is 1.91. The van der Waals surface area contributed by atoms with Crippen LogP contribution < -0.4 is 51.4 Å². The summed E-state index contributed by atoms with van der Waals surface area (Å²) in [6, 6.07) is 0. The molecule has 0 aromatic rings. The normalized spacial score (nSPS) is 6.57. The third kappa shape index (κ3) is 11.2. The quantitative estimate of drug-likeness (QED) is 0.299. The largest absolute Gasteiger partial charge is 1.00 e. The molecule has 0 spiro atoms. The van der Waals surface area contributed by atoms with Gasteiger partial charge in [0.15, 0.2) is 0 Å². The molecule has 0 aromatic heterocycles. The van der Waals surface area contributed by atoms with E-state index in [1.807, 2.05) is 0 Å². The monoisotopic (exact) mass is 146 g/mol. The molecule has 0 amide bonds. The molecule has 36 valence electrons. The molecular weight excluding hydrogens is 143 g/mol. The Morgan fingerprint density at radius 3 is 2.29 bits per heavy atom. The third-order valence-corrected chi connectivity index (χ3v) is 0.454. The summed E-state index contributed by atoms with van der Waals surface area (Å²) in [5, 5.41) is 0. The molecule has 0 aliphatic rings. The van der Waals surface area contributed by atoms with Crippen molar-refractivity contribution in [2.75, 3.05) is 0 Å². The van der Waals surface area contributed by atoms with Gasteiger partial charge in [-0.2, -0.15) is 0 Å². The minimum Gasteiger partial charge on any atom is -0.766 e. The van der Waals surface area contributed by atoms with E-state index in [-0.39, 0.29) is 63.7 Å². The molecule has 0 N–H and O–H groups in total. The Hall–Kier alpha value is 1.42. The Kier molecular flexibility index (Phi) is 11.9. The van der Waals surface area contributed by atoms with Gasteiger partial charge in [-0.25, -0.2) is 0 Å². The average molecular weight is 146 g/mol. The van der Waals surface area contributed by atoms with Gasteiger partial charge in [0, 0.05) is 6.92 Å². The Balaban J connectivity index is 0. The predicted octanol–water partition coefficient (Wildman–Crippen LogP) is -2.67. The van der Waals surface area contributed by atoms with Crippen molar-refractivity contribution in [2.24, 2.45) is 0 Å². The van der Waals surface area contributed by atoms with Crippen molar-refractivity contribution >= 4 is 18.3 Å². The van der Waals surface area contributed by atoms with Gasteiger partial charge in [-0.1, -0.05) is 0 Å². The Bertz CT molecular complexity index is 56.9. The summed E-state index contributed by atoms with van der Waals surface area (Å²) in [4.78, 5) is 9.60. The zero-order valence-corrected chi connectivity index (χ0v) is 8.07. The fourth-order valence-electron chi connectivity index (χ4n) is 0.0479. The molecule has 7 heavy (non-hydrogen) atoms. The SMILES string of the molecule is CC(=O)OS[O-].[K+]. The van der Waals surface area contributed by atoms with Crippen LogP contribution in [0.3, 0.4) is 0 Å². The summed E-state index contributed by atoms with van der Waals surface area (Å²) in [6.07, 6.45) is 0. The van der Waals surface area contributed by atoms with E-state index in [0.717, 1.165) is 0 Å². The van der Waals surface area contributed by atoms with E-state index in [1.165, 1.54) is 6.92 Å². The molecule has 0 saturated carbocycles. The summed E-state index contributed by atoms with van der Waals surface area (Å²) in [6.45, 7) is 1.17. The Morgan fingerprint density at radius 2 is 2.29 bits per heavy atom. The molecule has 0 aliphatic carbocycles. The molecular formula is C2H3KO3S. The van der Waals surface area contributed by atoms with E-state index in [1.54, 1.807) is 0 Å². The van der Waals surface area contributed by atoms with Gasteiger partial charge in [-0.3, -0.25) is 4.79 Å². The van der Waals surface area contributed by atoms with Crippen LogP contribution in [-0.4, -0.2) is 10.5 Å². The first kappa shape index (κ1) is 11.2. The fraction of sp³-hybridized carbons (Fsp3) is 0.500. The van der Waals surface area contributed by atoms with Crippen molar-refractivity contribution in [1.82, 2.24) is 0 Å². The van der Waals surface area contributed by atoms with Gasteiger partial charge in [0.05, 0.1) is 0 Å².